The largest absolute Gasteiger partial charge is 0.481 e. The molecule has 0 bridgehead atoms. The van der Waals surface area contributed by atoms with Gasteiger partial charge in [-0.3, -0.25) is 9.59 Å². The van der Waals surface area contributed by atoms with E-state index in [4.69, 9.17) is 16.7 Å². The quantitative estimate of drug-likeness (QED) is 0.836. The van der Waals surface area contributed by atoms with Crippen LogP contribution in [-0.4, -0.2) is 17.0 Å². The molecule has 0 spiro atoms. The Hall–Kier alpha value is -1.62. The van der Waals surface area contributed by atoms with E-state index in [1.54, 1.807) is 0 Å². The van der Waals surface area contributed by atoms with Crippen LogP contribution in [0.15, 0.2) is 18.2 Å². The average molecular weight is 274 g/mol. The maximum atomic E-state index is 12.9. The summed E-state index contributed by atoms with van der Waals surface area (Å²) in [7, 11) is 0. The minimum atomic E-state index is -0.923. The number of rotatable bonds is 6. The highest BCUT2D eigenvalue weighted by atomic mass is 35.5. The molecule has 0 heterocycles. The van der Waals surface area contributed by atoms with Crippen molar-refractivity contribution < 1.29 is 19.1 Å². The predicted molar refractivity (Wildman–Crippen MR) is 64.7 cm³/mol. The highest BCUT2D eigenvalue weighted by Gasteiger charge is 2.05. The van der Waals surface area contributed by atoms with Gasteiger partial charge in [-0.15, -0.1) is 0 Å². The maximum absolute atomic E-state index is 12.9. The van der Waals surface area contributed by atoms with Crippen LogP contribution in [0, 0.1) is 5.82 Å². The minimum Gasteiger partial charge on any atom is -0.481 e. The Morgan fingerprint density at radius 1 is 1.33 bits per heavy atom. The van der Waals surface area contributed by atoms with Gasteiger partial charge in [0.05, 0.1) is 5.02 Å². The van der Waals surface area contributed by atoms with Crippen LogP contribution in [0.1, 0.15) is 24.8 Å². The zero-order valence-electron chi connectivity index (χ0n) is 9.58. The SMILES string of the molecule is O=C(O)CCCC(=O)NCc1ccc(F)c(Cl)c1. The van der Waals surface area contributed by atoms with Gasteiger partial charge in [0.1, 0.15) is 5.82 Å². The van der Waals surface area contributed by atoms with Crippen molar-refractivity contribution in [2.24, 2.45) is 0 Å². The van der Waals surface area contributed by atoms with Gasteiger partial charge >= 0.3 is 5.97 Å². The first-order valence-corrected chi connectivity index (χ1v) is 5.79. The molecule has 18 heavy (non-hydrogen) atoms. The van der Waals surface area contributed by atoms with Crippen molar-refractivity contribution >= 4 is 23.5 Å². The van der Waals surface area contributed by atoms with Crippen LogP contribution in [0.4, 0.5) is 4.39 Å². The summed E-state index contributed by atoms with van der Waals surface area (Å²) < 4.78 is 12.9. The number of hydrogen-bond acceptors (Lipinski definition) is 2. The fourth-order valence-electron chi connectivity index (χ4n) is 1.34. The van der Waals surface area contributed by atoms with E-state index >= 15 is 0 Å². The standard InChI is InChI=1S/C12H13ClFNO3/c13-9-6-8(4-5-10(9)14)7-15-11(16)2-1-3-12(17)18/h4-6H,1-3,7H2,(H,15,16)(H,17,18). The summed E-state index contributed by atoms with van der Waals surface area (Å²) in [5, 5.41) is 11.0. The molecule has 0 saturated carbocycles. The van der Waals surface area contributed by atoms with E-state index in [0.717, 1.165) is 0 Å². The van der Waals surface area contributed by atoms with E-state index in [-0.39, 0.29) is 30.3 Å². The summed E-state index contributed by atoms with van der Waals surface area (Å²) in [6.07, 6.45) is 0.419. The monoisotopic (exact) mass is 273 g/mol. The van der Waals surface area contributed by atoms with E-state index in [9.17, 15) is 14.0 Å². The van der Waals surface area contributed by atoms with Crippen LogP contribution in [0.3, 0.4) is 0 Å². The van der Waals surface area contributed by atoms with Gasteiger partial charge in [0.25, 0.3) is 0 Å². The van der Waals surface area contributed by atoms with Crippen molar-refractivity contribution in [2.45, 2.75) is 25.8 Å². The number of nitrogens with one attached hydrogen (secondary N) is 1. The van der Waals surface area contributed by atoms with Gasteiger partial charge in [0, 0.05) is 19.4 Å². The smallest absolute Gasteiger partial charge is 0.303 e. The molecule has 0 unspecified atom stereocenters. The molecule has 0 aliphatic rings. The Kier molecular flexibility index (Phi) is 5.58. The number of halogens is 2. The van der Waals surface area contributed by atoms with Crippen molar-refractivity contribution in [1.29, 1.82) is 0 Å². The third-order valence-corrected chi connectivity index (χ3v) is 2.56. The van der Waals surface area contributed by atoms with Gasteiger partial charge in [-0.25, -0.2) is 4.39 Å². The van der Waals surface area contributed by atoms with E-state index in [1.165, 1.54) is 18.2 Å². The minimum absolute atomic E-state index is 0.00706. The Morgan fingerprint density at radius 3 is 2.67 bits per heavy atom. The van der Waals surface area contributed by atoms with Gasteiger partial charge in [0.2, 0.25) is 5.91 Å². The van der Waals surface area contributed by atoms with Crippen LogP contribution >= 0.6 is 11.6 Å². The third-order valence-electron chi connectivity index (χ3n) is 2.27. The zero-order chi connectivity index (χ0) is 13.5. The molecule has 0 aliphatic heterocycles. The van der Waals surface area contributed by atoms with Crippen molar-refractivity contribution in [3.63, 3.8) is 0 Å². The number of aliphatic carboxylic acids is 1. The van der Waals surface area contributed by atoms with Crippen molar-refractivity contribution in [3.8, 4) is 0 Å². The first-order valence-electron chi connectivity index (χ1n) is 5.41. The highest BCUT2D eigenvalue weighted by molar-refractivity contribution is 6.30. The number of amides is 1. The summed E-state index contributed by atoms with van der Waals surface area (Å²) in [5.74, 6) is -1.67. The van der Waals surface area contributed by atoms with E-state index < -0.39 is 11.8 Å². The topological polar surface area (TPSA) is 66.4 Å². The lowest BCUT2D eigenvalue weighted by Gasteiger charge is -2.05. The van der Waals surface area contributed by atoms with Gasteiger partial charge in [-0.05, 0) is 24.1 Å². The molecule has 0 saturated heterocycles. The normalized spacial score (nSPS) is 10.1. The molecule has 1 aromatic rings. The van der Waals surface area contributed by atoms with Crippen LogP contribution in [0.2, 0.25) is 5.02 Å². The highest BCUT2D eigenvalue weighted by Crippen LogP contribution is 2.15. The first-order chi connectivity index (χ1) is 8.49. The van der Waals surface area contributed by atoms with Crippen LogP contribution in [0.25, 0.3) is 0 Å². The summed E-state index contributed by atoms with van der Waals surface area (Å²) in [5.41, 5.74) is 0.688. The molecule has 2 N–H and O–H groups in total. The van der Waals surface area contributed by atoms with Gasteiger partial charge in [-0.2, -0.15) is 0 Å². The first kappa shape index (κ1) is 14.4. The average Bonchev–Trinajstić information content (AvgIpc) is 2.30. The lowest BCUT2D eigenvalue weighted by atomic mass is 10.2. The lowest BCUT2D eigenvalue weighted by Crippen LogP contribution is -2.22. The van der Waals surface area contributed by atoms with Crippen LogP contribution < -0.4 is 5.32 Å². The van der Waals surface area contributed by atoms with Gasteiger partial charge < -0.3 is 10.4 Å². The van der Waals surface area contributed by atoms with Gasteiger partial charge in [-0.1, -0.05) is 17.7 Å². The van der Waals surface area contributed by atoms with E-state index in [1.807, 2.05) is 0 Å². The second-order valence-electron chi connectivity index (χ2n) is 3.77. The van der Waals surface area contributed by atoms with Crippen molar-refractivity contribution in [3.05, 3.63) is 34.6 Å². The lowest BCUT2D eigenvalue weighted by molar-refractivity contribution is -0.137. The third kappa shape index (κ3) is 5.14. The summed E-state index contributed by atoms with van der Waals surface area (Å²) in [6, 6.07) is 4.20. The van der Waals surface area contributed by atoms with E-state index in [2.05, 4.69) is 5.32 Å². The zero-order valence-corrected chi connectivity index (χ0v) is 10.3. The molecule has 0 atom stereocenters. The summed E-state index contributed by atoms with van der Waals surface area (Å²) in [4.78, 5) is 21.6. The Labute approximate surface area is 109 Å². The molecular formula is C12H13ClFNO3. The molecule has 0 radical (unpaired) electrons. The molecule has 6 heteroatoms. The number of carboxylic acid groups (broad SMARTS) is 1. The molecule has 1 rings (SSSR count). The van der Waals surface area contributed by atoms with Crippen molar-refractivity contribution in [1.82, 2.24) is 5.32 Å². The summed E-state index contributed by atoms with van der Waals surface area (Å²) in [6.45, 7) is 0.242. The summed E-state index contributed by atoms with van der Waals surface area (Å²) >= 11 is 5.59. The molecule has 4 nitrogen and oxygen atoms in total. The van der Waals surface area contributed by atoms with Crippen molar-refractivity contribution in [2.75, 3.05) is 0 Å². The molecule has 1 amide bonds. The maximum Gasteiger partial charge on any atom is 0.303 e. The number of carboxylic acids is 1. The molecule has 0 aliphatic carbocycles. The molecule has 0 fully saturated rings. The fourth-order valence-corrected chi connectivity index (χ4v) is 1.54. The van der Waals surface area contributed by atoms with Crippen LogP contribution in [-0.2, 0) is 16.1 Å². The molecule has 98 valence electrons. The Morgan fingerprint density at radius 2 is 2.06 bits per heavy atom. The predicted octanol–water partition coefficient (Wildman–Crippen LogP) is 2.35. The second kappa shape index (κ2) is 6.96. The Balaban J connectivity index is 2.33. The van der Waals surface area contributed by atoms with E-state index in [0.29, 0.717) is 12.0 Å². The van der Waals surface area contributed by atoms with Crippen LogP contribution in [0.5, 0.6) is 0 Å². The molecule has 0 aromatic heterocycles. The number of benzene rings is 1. The van der Waals surface area contributed by atoms with Gasteiger partial charge in [0.15, 0.2) is 0 Å². The number of carbonyl (C=O) groups excluding carboxylic acids is 1. The second-order valence-corrected chi connectivity index (χ2v) is 4.18. The fraction of sp³-hybridized carbons (Fsp3) is 0.333. The number of carbonyl (C=O) groups is 2. The molecular weight excluding hydrogens is 261 g/mol. The Bertz CT molecular complexity index is 451. The molecule has 1 aromatic carbocycles. The number of hydrogen-bond donors (Lipinski definition) is 2.